The molecular formula is C21H36N4O2. The summed E-state index contributed by atoms with van der Waals surface area (Å²) >= 11 is 0. The molecule has 1 fully saturated rings. The summed E-state index contributed by atoms with van der Waals surface area (Å²) in [5.74, 6) is 1.97. The second kappa shape index (κ2) is 10.5. The van der Waals surface area contributed by atoms with Crippen LogP contribution in [0.1, 0.15) is 53.0 Å². The molecule has 2 N–H and O–H groups in total. The number of hydrogen-bond acceptors (Lipinski definition) is 4. The third-order valence-corrected chi connectivity index (χ3v) is 4.71. The van der Waals surface area contributed by atoms with E-state index >= 15 is 0 Å². The topological polar surface area (TPSA) is 67.8 Å². The Balaban J connectivity index is 2.01. The van der Waals surface area contributed by atoms with Gasteiger partial charge in [0.2, 0.25) is 5.88 Å². The van der Waals surface area contributed by atoms with Crippen molar-refractivity contribution in [3.8, 4) is 5.88 Å². The maximum absolute atomic E-state index is 6.09. The largest absolute Gasteiger partial charge is 0.478 e. The van der Waals surface area contributed by atoms with Crippen LogP contribution in [0.4, 0.5) is 0 Å². The van der Waals surface area contributed by atoms with Crippen LogP contribution in [0.25, 0.3) is 0 Å². The van der Waals surface area contributed by atoms with E-state index in [2.05, 4.69) is 43.3 Å². The number of nitrogens with one attached hydrogen (secondary N) is 2. The third kappa shape index (κ3) is 6.69. The van der Waals surface area contributed by atoms with E-state index in [1.54, 1.807) is 6.20 Å². The van der Waals surface area contributed by atoms with E-state index in [0.717, 1.165) is 37.6 Å². The Morgan fingerprint density at radius 1 is 1.33 bits per heavy atom. The van der Waals surface area contributed by atoms with Crippen molar-refractivity contribution in [2.75, 3.05) is 26.3 Å². The van der Waals surface area contributed by atoms with Gasteiger partial charge in [0.15, 0.2) is 5.96 Å². The number of aromatic nitrogens is 1. The first kappa shape index (κ1) is 21.5. The summed E-state index contributed by atoms with van der Waals surface area (Å²) in [4.78, 5) is 9.03. The fraction of sp³-hybridized carbons (Fsp3) is 0.714. The van der Waals surface area contributed by atoms with Crippen LogP contribution in [0, 0.1) is 11.3 Å². The molecule has 0 radical (unpaired) electrons. The minimum atomic E-state index is 0.143. The zero-order chi connectivity index (χ0) is 19.7. The second-order valence-electron chi connectivity index (χ2n) is 8.04. The van der Waals surface area contributed by atoms with E-state index in [1.165, 1.54) is 6.42 Å². The lowest BCUT2D eigenvalue weighted by molar-refractivity contribution is -0.0835. The van der Waals surface area contributed by atoms with Gasteiger partial charge in [-0.25, -0.2) is 9.98 Å². The van der Waals surface area contributed by atoms with Crippen LogP contribution in [0.3, 0.4) is 0 Å². The zero-order valence-corrected chi connectivity index (χ0v) is 17.5. The van der Waals surface area contributed by atoms with Gasteiger partial charge in [-0.15, -0.1) is 0 Å². The molecule has 0 amide bonds. The SMILES string of the molecule is CCNC(=NCc1cccnc1OCC)NCC1CCCOC1C(C)(C)C. The van der Waals surface area contributed by atoms with Gasteiger partial charge < -0.3 is 20.1 Å². The molecule has 27 heavy (non-hydrogen) atoms. The van der Waals surface area contributed by atoms with Gasteiger partial charge in [0, 0.05) is 37.4 Å². The molecule has 2 unspecified atom stereocenters. The minimum absolute atomic E-state index is 0.143. The Bertz CT molecular complexity index is 598. The van der Waals surface area contributed by atoms with Crippen LogP contribution in [0.5, 0.6) is 5.88 Å². The molecule has 0 aromatic carbocycles. The summed E-state index contributed by atoms with van der Waals surface area (Å²) < 4.78 is 11.7. The summed E-state index contributed by atoms with van der Waals surface area (Å²) in [6, 6.07) is 3.93. The van der Waals surface area contributed by atoms with Crippen LogP contribution in [-0.2, 0) is 11.3 Å². The van der Waals surface area contributed by atoms with Crippen LogP contribution in [-0.4, -0.2) is 43.4 Å². The Labute approximate surface area is 164 Å². The van der Waals surface area contributed by atoms with Gasteiger partial charge in [-0.2, -0.15) is 0 Å². The standard InChI is InChI=1S/C21H36N4O2/c1-6-22-20(25-15-17-10-8-12-23-19(17)26-7-2)24-14-16-11-9-13-27-18(16)21(3,4)5/h8,10,12,16,18H,6-7,9,11,13-15H2,1-5H3,(H2,22,24,25). The molecule has 1 aromatic heterocycles. The molecule has 0 bridgehead atoms. The fourth-order valence-electron chi connectivity index (χ4n) is 3.55. The summed E-state index contributed by atoms with van der Waals surface area (Å²) in [5.41, 5.74) is 1.13. The number of nitrogens with zero attached hydrogens (tertiary/aromatic N) is 2. The van der Waals surface area contributed by atoms with Crippen LogP contribution in [0.15, 0.2) is 23.3 Å². The van der Waals surface area contributed by atoms with Crippen molar-refractivity contribution in [1.82, 2.24) is 15.6 Å². The predicted octanol–water partition coefficient (Wildman–Crippen LogP) is 3.38. The molecule has 2 atom stereocenters. The van der Waals surface area contributed by atoms with Crippen LogP contribution < -0.4 is 15.4 Å². The zero-order valence-electron chi connectivity index (χ0n) is 17.5. The molecule has 0 saturated carbocycles. The van der Waals surface area contributed by atoms with Crippen molar-refractivity contribution in [3.05, 3.63) is 23.9 Å². The van der Waals surface area contributed by atoms with Crippen molar-refractivity contribution in [1.29, 1.82) is 0 Å². The lowest BCUT2D eigenvalue weighted by atomic mass is 9.78. The predicted molar refractivity (Wildman–Crippen MR) is 110 cm³/mol. The molecule has 1 aliphatic rings. The van der Waals surface area contributed by atoms with Gasteiger partial charge in [0.25, 0.3) is 0 Å². The number of aliphatic imine (C=N–C) groups is 1. The third-order valence-electron chi connectivity index (χ3n) is 4.71. The summed E-state index contributed by atoms with van der Waals surface area (Å²) in [5, 5.41) is 6.85. The number of ether oxygens (including phenoxy) is 2. The first-order valence-electron chi connectivity index (χ1n) is 10.2. The average molecular weight is 377 g/mol. The van der Waals surface area contributed by atoms with E-state index < -0.39 is 0 Å². The van der Waals surface area contributed by atoms with Gasteiger partial charge in [-0.1, -0.05) is 26.8 Å². The highest BCUT2D eigenvalue weighted by Crippen LogP contribution is 2.33. The molecule has 1 aliphatic heterocycles. The molecule has 6 heteroatoms. The lowest BCUT2D eigenvalue weighted by Gasteiger charge is -2.40. The van der Waals surface area contributed by atoms with Crippen molar-refractivity contribution in [3.63, 3.8) is 0 Å². The quantitative estimate of drug-likeness (QED) is 0.564. The van der Waals surface area contributed by atoms with E-state index in [0.29, 0.717) is 24.9 Å². The lowest BCUT2D eigenvalue weighted by Crippen LogP contribution is -2.47. The van der Waals surface area contributed by atoms with Gasteiger partial charge in [-0.05, 0) is 38.2 Å². The average Bonchev–Trinajstić information content (AvgIpc) is 2.65. The molecular weight excluding hydrogens is 340 g/mol. The molecule has 1 aromatic rings. The van der Waals surface area contributed by atoms with Crippen molar-refractivity contribution >= 4 is 5.96 Å². The van der Waals surface area contributed by atoms with Gasteiger partial charge in [0.1, 0.15) is 0 Å². The molecule has 0 aliphatic carbocycles. The molecule has 152 valence electrons. The highest BCUT2D eigenvalue weighted by atomic mass is 16.5. The highest BCUT2D eigenvalue weighted by molar-refractivity contribution is 5.79. The first-order valence-corrected chi connectivity index (χ1v) is 10.2. The van der Waals surface area contributed by atoms with Crippen LogP contribution in [0.2, 0.25) is 0 Å². The fourth-order valence-corrected chi connectivity index (χ4v) is 3.55. The molecule has 2 heterocycles. The monoisotopic (exact) mass is 376 g/mol. The number of hydrogen-bond donors (Lipinski definition) is 2. The summed E-state index contributed by atoms with van der Waals surface area (Å²) in [7, 11) is 0. The number of guanidine groups is 1. The highest BCUT2D eigenvalue weighted by Gasteiger charge is 2.35. The van der Waals surface area contributed by atoms with Crippen molar-refractivity contribution in [2.24, 2.45) is 16.3 Å². The summed E-state index contributed by atoms with van der Waals surface area (Å²) in [6.45, 7) is 14.5. The minimum Gasteiger partial charge on any atom is -0.478 e. The normalized spacial score (nSPS) is 21.0. The van der Waals surface area contributed by atoms with Crippen molar-refractivity contribution < 1.29 is 9.47 Å². The van der Waals surface area contributed by atoms with Crippen molar-refractivity contribution in [2.45, 2.75) is 60.1 Å². The molecule has 1 saturated heterocycles. The smallest absolute Gasteiger partial charge is 0.218 e. The number of rotatable bonds is 7. The van der Waals surface area contributed by atoms with E-state index in [-0.39, 0.29) is 11.5 Å². The van der Waals surface area contributed by atoms with Gasteiger partial charge in [0.05, 0.1) is 19.3 Å². The Kier molecular flexibility index (Phi) is 8.35. The first-order chi connectivity index (χ1) is 13.0. The summed E-state index contributed by atoms with van der Waals surface area (Å²) in [6.07, 6.45) is 4.33. The maximum atomic E-state index is 6.09. The van der Waals surface area contributed by atoms with E-state index in [9.17, 15) is 0 Å². The Morgan fingerprint density at radius 3 is 2.85 bits per heavy atom. The van der Waals surface area contributed by atoms with Crippen LogP contribution >= 0.6 is 0 Å². The van der Waals surface area contributed by atoms with E-state index in [1.807, 2.05) is 19.1 Å². The number of pyridine rings is 1. The van der Waals surface area contributed by atoms with Gasteiger partial charge >= 0.3 is 0 Å². The Hall–Kier alpha value is -1.82. The maximum Gasteiger partial charge on any atom is 0.218 e. The molecule has 2 rings (SSSR count). The van der Waals surface area contributed by atoms with Gasteiger partial charge in [-0.3, -0.25) is 0 Å². The Morgan fingerprint density at radius 2 is 2.15 bits per heavy atom. The van der Waals surface area contributed by atoms with E-state index in [4.69, 9.17) is 14.5 Å². The second-order valence-corrected chi connectivity index (χ2v) is 8.04. The molecule has 0 spiro atoms. The molecule has 6 nitrogen and oxygen atoms in total.